The van der Waals surface area contributed by atoms with Crippen molar-refractivity contribution < 1.29 is 4.74 Å². The third-order valence-corrected chi connectivity index (χ3v) is 4.84. The zero-order chi connectivity index (χ0) is 21.6. The molecule has 1 fully saturated rings. The van der Waals surface area contributed by atoms with Crippen LogP contribution in [-0.4, -0.2) is 18.9 Å². The zero-order valence-corrected chi connectivity index (χ0v) is 18.9. The zero-order valence-electron chi connectivity index (χ0n) is 18.9. The summed E-state index contributed by atoms with van der Waals surface area (Å²) in [4.78, 5) is 3.94. The molecule has 0 amide bonds. The highest BCUT2D eigenvalue weighted by molar-refractivity contribution is 5.84. The van der Waals surface area contributed by atoms with Crippen molar-refractivity contribution in [2.75, 3.05) is 6.61 Å². The first-order chi connectivity index (χ1) is 13.9. The van der Waals surface area contributed by atoms with Gasteiger partial charge in [0, 0.05) is 18.1 Å². The summed E-state index contributed by atoms with van der Waals surface area (Å²) in [6.07, 6.45) is 11.2. The Morgan fingerprint density at radius 1 is 1.21 bits per heavy atom. The molecule has 29 heavy (non-hydrogen) atoms. The first-order valence-electron chi connectivity index (χ1n) is 10.5. The summed E-state index contributed by atoms with van der Waals surface area (Å²) in [5, 5.41) is 3.32. The predicted molar refractivity (Wildman–Crippen MR) is 128 cm³/mol. The van der Waals surface area contributed by atoms with E-state index in [0.29, 0.717) is 12.6 Å². The van der Waals surface area contributed by atoms with E-state index in [2.05, 4.69) is 67.7 Å². The number of rotatable bonds is 10. The average molecular weight is 395 g/mol. The number of aliphatic imine (C=N–C) groups is 1. The van der Waals surface area contributed by atoms with E-state index < -0.39 is 0 Å². The van der Waals surface area contributed by atoms with Gasteiger partial charge in [0.15, 0.2) is 0 Å². The number of allylic oxidation sites excluding steroid dienone is 5. The minimum absolute atomic E-state index is 0.339. The van der Waals surface area contributed by atoms with Gasteiger partial charge < -0.3 is 10.1 Å². The SMILES string of the molecule is C=C(C)NC(CC)COc1ccc(C2CC2)cc1.C=CN=CC(=C\C)/C(C)=C/C. The molecule has 0 heterocycles. The number of ether oxygens (including phenoxy) is 1. The monoisotopic (exact) mass is 394 g/mol. The van der Waals surface area contributed by atoms with Crippen LogP contribution in [0.4, 0.5) is 0 Å². The lowest BCUT2D eigenvalue weighted by molar-refractivity contribution is 0.268. The quantitative estimate of drug-likeness (QED) is 0.344. The minimum atomic E-state index is 0.339. The third-order valence-electron chi connectivity index (χ3n) is 4.84. The van der Waals surface area contributed by atoms with Gasteiger partial charge in [0.2, 0.25) is 0 Å². The summed E-state index contributed by atoms with van der Waals surface area (Å²) in [5.74, 6) is 1.77. The van der Waals surface area contributed by atoms with Crippen molar-refractivity contribution in [3.8, 4) is 5.75 Å². The Morgan fingerprint density at radius 2 is 1.86 bits per heavy atom. The fraction of sp³-hybridized carbons (Fsp3) is 0.423. The first-order valence-corrected chi connectivity index (χ1v) is 10.5. The molecule has 1 unspecified atom stereocenters. The van der Waals surface area contributed by atoms with Crippen LogP contribution in [0.25, 0.3) is 0 Å². The van der Waals surface area contributed by atoms with E-state index in [1.54, 1.807) is 0 Å². The first kappa shape index (κ1) is 24.5. The van der Waals surface area contributed by atoms with E-state index in [4.69, 9.17) is 4.74 Å². The number of hydrogen-bond acceptors (Lipinski definition) is 3. The van der Waals surface area contributed by atoms with Crippen LogP contribution < -0.4 is 10.1 Å². The molecule has 0 bridgehead atoms. The van der Waals surface area contributed by atoms with Crippen molar-refractivity contribution >= 4 is 6.21 Å². The van der Waals surface area contributed by atoms with Crippen molar-refractivity contribution in [1.29, 1.82) is 0 Å². The maximum atomic E-state index is 5.81. The summed E-state index contributed by atoms with van der Waals surface area (Å²) in [6.45, 7) is 18.3. The lowest BCUT2D eigenvalue weighted by Gasteiger charge is -2.18. The van der Waals surface area contributed by atoms with Crippen LogP contribution in [0.3, 0.4) is 0 Å². The van der Waals surface area contributed by atoms with E-state index >= 15 is 0 Å². The Morgan fingerprint density at radius 3 is 2.31 bits per heavy atom. The van der Waals surface area contributed by atoms with Crippen molar-refractivity contribution in [3.63, 3.8) is 0 Å². The van der Waals surface area contributed by atoms with Crippen molar-refractivity contribution in [1.82, 2.24) is 5.32 Å². The lowest BCUT2D eigenvalue weighted by atomic mass is 10.1. The molecule has 3 nitrogen and oxygen atoms in total. The van der Waals surface area contributed by atoms with Gasteiger partial charge in [-0.05, 0) is 81.7 Å². The number of nitrogens with zero attached hydrogens (tertiary/aromatic N) is 1. The largest absolute Gasteiger partial charge is 0.491 e. The number of hydrogen-bond donors (Lipinski definition) is 1. The van der Waals surface area contributed by atoms with Crippen LogP contribution in [0.1, 0.15) is 65.4 Å². The fourth-order valence-corrected chi connectivity index (χ4v) is 2.76. The average Bonchev–Trinajstić information content (AvgIpc) is 3.57. The molecule has 1 aliphatic carbocycles. The molecular weight excluding hydrogens is 356 g/mol. The Bertz CT molecular complexity index is 722. The Hall–Kier alpha value is -2.55. The van der Waals surface area contributed by atoms with Gasteiger partial charge in [-0.2, -0.15) is 0 Å². The molecule has 1 aliphatic rings. The Labute approximate surface area is 178 Å². The molecule has 1 atom stereocenters. The van der Waals surface area contributed by atoms with Crippen LogP contribution in [0.15, 0.2) is 77.6 Å². The van der Waals surface area contributed by atoms with E-state index in [-0.39, 0.29) is 0 Å². The van der Waals surface area contributed by atoms with E-state index in [0.717, 1.165) is 29.4 Å². The number of nitrogens with one attached hydrogen (secondary N) is 1. The van der Waals surface area contributed by atoms with Gasteiger partial charge in [-0.15, -0.1) is 0 Å². The molecule has 0 aromatic heterocycles. The second kappa shape index (κ2) is 13.6. The smallest absolute Gasteiger partial charge is 0.119 e. The van der Waals surface area contributed by atoms with Gasteiger partial charge in [-0.1, -0.05) is 44.4 Å². The van der Waals surface area contributed by atoms with Crippen molar-refractivity contribution in [2.45, 2.75) is 65.8 Å². The van der Waals surface area contributed by atoms with Gasteiger partial charge in [0.1, 0.15) is 12.4 Å². The molecule has 1 aromatic rings. The van der Waals surface area contributed by atoms with Crippen LogP contribution in [0.2, 0.25) is 0 Å². The molecule has 1 saturated carbocycles. The molecular formula is C26H38N2O. The second-order valence-corrected chi connectivity index (χ2v) is 7.36. The van der Waals surface area contributed by atoms with E-state index in [1.165, 1.54) is 30.2 Å². The Balaban J connectivity index is 0.000000331. The standard InChI is InChI=1S/C16H23NO.C10H15N/c1-4-15(17-12(2)3)11-18-16-9-7-14(8-10-16)13-5-6-13;1-5-9(4)10(6-2)8-11-7-3/h7-10,13,15,17H,2,4-6,11H2,1,3H3;5-8H,3H2,1-2,4H3/b;9-5+,10-6+,11-8?. The molecule has 0 saturated heterocycles. The normalized spacial score (nSPS) is 15.3. The highest BCUT2D eigenvalue weighted by Crippen LogP contribution is 2.40. The van der Waals surface area contributed by atoms with Crippen molar-refractivity contribution in [2.24, 2.45) is 4.99 Å². The van der Waals surface area contributed by atoms with Gasteiger partial charge >= 0.3 is 0 Å². The van der Waals surface area contributed by atoms with Gasteiger partial charge in [0.05, 0.1) is 6.04 Å². The fourth-order valence-electron chi connectivity index (χ4n) is 2.76. The molecule has 2 rings (SSSR count). The minimum Gasteiger partial charge on any atom is -0.491 e. The summed E-state index contributed by atoms with van der Waals surface area (Å²) in [6, 6.07) is 8.90. The van der Waals surface area contributed by atoms with E-state index in [1.807, 2.05) is 33.1 Å². The summed E-state index contributed by atoms with van der Waals surface area (Å²) >= 11 is 0. The highest BCUT2D eigenvalue weighted by Gasteiger charge is 2.23. The molecule has 0 spiro atoms. The van der Waals surface area contributed by atoms with Crippen LogP contribution in [0, 0.1) is 0 Å². The van der Waals surface area contributed by atoms with Crippen LogP contribution in [0.5, 0.6) is 5.75 Å². The Kier molecular flexibility index (Phi) is 11.5. The highest BCUT2D eigenvalue weighted by atomic mass is 16.5. The second-order valence-electron chi connectivity index (χ2n) is 7.36. The van der Waals surface area contributed by atoms with Crippen molar-refractivity contribution in [3.05, 3.63) is 78.2 Å². The molecule has 1 aromatic carbocycles. The third kappa shape index (κ3) is 9.98. The van der Waals surface area contributed by atoms with Gasteiger partial charge in [-0.3, -0.25) is 4.99 Å². The maximum Gasteiger partial charge on any atom is 0.119 e. The summed E-state index contributed by atoms with van der Waals surface area (Å²) < 4.78 is 5.81. The van der Waals surface area contributed by atoms with Crippen LogP contribution >= 0.6 is 0 Å². The summed E-state index contributed by atoms with van der Waals surface area (Å²) in [7, 11) is 0. The van der Waals surface area contributed by atoms with Crippen LogP contribution in [-0.2, 0) is 0 Å². The summed E-state index contributed by atoms with van der Waals surface area (Å²) in [5.41, 5.74) is 4.83. The van der Waals surface area contributed by atoms with E-state index in [9.17, 15) is 0 Å². The topological polar surface area (TPSA) is 33.6 Å². The number of benzene rings is 1. The predicted octanol–water partition coefficient (Wildman–Crippen LogP) is 6.96. The molecule has 0 radical (unpaired) electrons. The molecule has 3 heteroatoms. The molecule has 0 aliphatic heterocycles. The molecule has 1 N–H and O–H groups in total. The maximum absolute atomic E-state index is 5.81. The molecule has 158 valence electrons. The van der Waals surface area contributed by atoms with Gasteiger partial charge in [-0.25, -0.2) is 0 Å². The lowest BCUT2D eigenvalue weighted by Crippen LogP contribution is -2.32. The van der Waals surface area contributed by atoms with Gasteiger partial charge in [0.25, 0.3) is 0 Å².